The summed E-state index contributed by atoms with van der Waals surface area (Å²) in [5.41, 5.74) is 1.70. The monoisotopic (exact) mass is 584 g/mol. The highest BCUT2D eigenvalue weighted by Gasteiger charge is 2.50. The number of pyridine rings is 1. The molecule has 2 amide bonds. The third-order valence-corrected chi connectivity index (χ3v) is 11.1. The second-order valence-electron chi connectivity index (χ2n) is 10.8. The van der Waals surface area contributed by atoms with Crippen LogP contribution in [0.4, 0.5) is 5.69 Å². The van der Waals surface area contributed by atoms with E-state index < -0.39 is 15.4 Å². The zero-order chi connectivity index (χ0) is 28.2. The SMILES string of the molecule is COc1ccc2nc(CC(=O)N3CC4(CCN(C(C)=O)C4)c4cc(S(=O)(=O)N5CCN(C)CC5)ccc43)sc2n1. The summed E-state index contributed by atoms with van der Waals surface area (Å²) < 4.78 is 33.9. The van der Waals surface area contributed by atoms with Crippen LogP contribution in [0.25, 0.3) is 10.3 Å². The number of rotatable bonds is 5. The van der Waals surface area contributed by atoms with Crippen LogP contribution in [0, 0.1) is 0 Å². The number of hydrogen-bond acceptors (Lipinski definition) is 9. The average molecular weight is 585 g/mol. The van der Waals surface area contributed by atoms with Crippen molar-refractivity contribution >= 4 is 49.2 Å². The van der Waals surface area contributed by atoms with E-state index in [-0.39, 0.29) is 23.1 Å². The molecule has 13 heteroatoms. The molecule has 11 nitrogen and oxygen atoms in total. The number of nitrogens with zero attached hydrogens (tertiary/aromatic N) is 6. The van der Waals surface area contributed by atoms with Crippen molar-refractivity contribution < 1.29 is 22.7 Å². The number of piperazine rings is 1. The van der Waals surface area contributed by atoms with Crippen LogP contribution in [0.2, 0.25) is 0 Å². The minimum Gasteiger partial charge on any atom is -0.481 e. The van der Waals surface area contributed by atoms with Crippen LogP contribution in [0.5, 0.6) is 5.88 Å². The van der Waals surface area contributed by atoms with Crippen molar-refractivity contribution in [1.29, 1.82) is 0 Å². The highest BCUT2D eigenvalue weighted by atomic mass is 32.2. The summed E-state index contributed by atoms with van der Waals surface area (Å²) in [6, 6.07) is 8.67. The molecule has 3 aromatic rings. The van der Waals surface area contributed by atoms with Gasteiger partial charge in [0.25, 0.3) is 0 Å². The van der Waals surface area contributed by atoms with E-state index in [1.165, 1.54) is 15.6 Å². The molecule has 2 saturated heterocycles. The van der Waals surface area contributed by atoms with E-state index in [4.69, 9.17) is 4.74 Å². The fourth-order valence-electron chi connectivity index (χ4n) is 5.96. The number of carbonyl (C=O) groups is 2. The van der Waals surface area contributed by atoms with Gasteiger partial charge in [-0.25, -0.2) is 18.4 Å². The number of fused-ring (bicyclic) bond motifs is 3. The van der Waals surface area contributed by atoms with E-state index in [1.807, 2.05) is 13.1 Å². The first-order valence-electron chi connectivity index (χ1n) is 13.3. The summed E-state index contributed by atoms with van der Waals surface area (Å²) >= 11 is 1.35. The molecular formula is C27H32N6O5S2. The lowest BCUT2D eigenvalue weighted by Crippen LogP contribution is -2.47. The molecule has 0 saturated carbocycles. The molecule has 0 N–H and O–H groups in total. The molecule has 1 spiro atoms. The van der Waals surface area contributed by atoms with Crippen molar-refractivity contribution in [3.05, 3.63) is 40.9 Å². The predicted octanol–water partition coefficient (Wildman–Crippen LogP) is 1.72. The van der Waals surface area contributed by atoms with Crippen LogP contribution >= 0.6 is 11.3 Å². The molecule has 0 aliphatic carbocycles. The van der Waals surface area contributed by atoms with Crippen molar-refractivity contribution in [3.63, 3.8) is 0 Å². The fraction of sp³-hybridized carbons (Fsp3) is 0.481. The van der Waals surface area contributed by atoms with Gasteiger partial charge in [-0.1, -0.05) is 11.3 Å². The van der Waals surface area contributed by atoms with Crippen molar-refractivity contribution in [3.8, 4) is 5.88 Å². The lowest BCUT2D eigenvalue weighted by molar-refractivity contribution is -0.127. The van der Waals surface area contributed by atoms with Gasteiger partial charge in [-0.05, 0) is 43.3 Å². The first-order valence-corrected chi connectivity index (χ1v) is 15.5. The van der Waals surface area contributed by atoms with Gasteiger partial charge in [-0.2, -0.15) is 4.31 Å². The Labute approximate surface area is 237 Å². The molecule has 2 fully saturated rings. The first kappa shape index (κ1) is 27.1. The van der Waals surface area contributed by atoms with Crippen LogP contribution in [0.1, 0.15) is 23.9 Å². The fourth-order valence-corrected chi connectivity index (χ4v) is 8.32. The maximum absolute atomic E-state index is 13.7. The number of ether oxygens (including phenoxy) is 1. The van der Waals surface area contributed by atoms with Crippen molar-refractivity contribution in [1.82, 2.24) is 24.1 Å². The summed E-state index contributed by atoms with van der Waals surface area (Å²) in [6.07, 6.45) is 0.753. The maximum Gasteiger partial charge on any atom is 0.243 e. The second-order valence-corrected chi connectivity index (χ2v) is 13.8. The van der Waals surface area contributed by atoms with E-state index in [0.717, 1.165) is 5.56 Å². The normalized spacial score (nSPS) is 21.9. The number of anilines is 1. The lowest BCUT2D eigenvalue weighted by atomic mass is 9.81. The molecule has 3 aliphatic rings. The minimum atomic E-state index is -3.69. The summed E-state index contributed by atoms with van der Waals surface area (Å²) in [4.78, 5) is 41.6. The van der Waals surface area contributed by atoms with Crippen molar-refractivity contribution in [2.45, 2.75) is 30.1 Å². The van der Waals surface area contributed by atoms with E-state index in [0.29, 0.717) is 79.2 Å². The van der Waals surface area contributed by atoms with Crippen LogP contribution < -0.4 is 9.64 Å². The quantitative estimate of drug-likeness (QED) is 0.445. The molecule has 1 unspecified atom stereocenters. The number of amides is 2. The van der Waals surface area contributed by atoms with Gasteiger partial charge in [0.05, 0.1) is 18.4 Å². The lowest BCUT2D eigenvalue weighted by Gasteiger charge is -2.32. The molecule has 2 aromatic heterocycles. The number of aromatic nitrogens is 2. The molecule has 3 aliphatic heterocycles. The smallest absolute Gasteiger partial charge is 0.243 e. The number of thiazole rings is 1. The molecule has 0 bridgehead atoms. The Morgan fingerprint density at radius 1 is 1.05 bits per heavy atom. The molecule has 212 valence electrons. The zero-order valence-corrected chi connectivity index (χ0v) is 24.4. The van der Waals surface area contributed by atoms with Crippen LogP contribution in [0.15, 0.2) is 35.2 Å². The van der Waals surface area contributed by atoms with Gasteiger partial charge < -0.3 is 19.4 Å². The maximum atomic E-state index is 13.7. The molecular weight excluding hydrogens is 552 g/mol. The van der Waals surface area contributed by atoms with Gasteiger partial charge in [-0.3, -0.25) is 9.59 Å². The minimum absolute atomic E-state index is 0.0261. The summed E-state index contributed by atoms with van der Waals surface area (Å²) in [6.45, 7) is 5.18. The number of likely N-dealkylation sites (tertiary alicyclic amines) is 1. The summed E-state index contributed by atoms with van der Waals surface area (Å²) in [5, 5.41) is 0.648. The number of methoxy groups -OCH3 is 1. The standard InChI is InChI=1S/C27H32N6O5S2/c1-18(34)31-9-8-27(16-31)17-33(25(35)15-24-28-21-5-7-23(38-3)29-26(21)39-24)22-6-4-19(14-20(22)27)40(36,37)32-12-10-30(2)11-13-32/h4-7,14H,8-13,15-17H2,1-3H3. The van der Waals surface area contributed by atoms with E-state index in [9.17, 15) is 18.0 Å². The Bertz CT molecular complexity index is 1600. The molecule has 0 radical (unpaired) electrons. The topological polar surface area (TPSA) is 116 Å². The van der Waals surface area contributed by atoms with Crippen LogP contribution in [-0.2, 0) is 31.4 Å². The van der Waals surface area contributed by atoms with Gasteiger partial charge in [0.15, 0.2) is 0 Å². The molecule has 6 rings (SSSR count). The van der Waals surface area contributed by atoms with Gasteiger partial charge in [-0.15, -0.1) is 0 Å². The Hall–Kier alpha value is -3.13. The average Bonchev–Trinajstić information content (AvgIpc) is 3.64. The Morgan fingerprint density at radius 2 is 1.82 bits per heavy atom. The third-order valence-electron chi connectivity index (χ3n) is 8.28. The number of sulfonamides is 1. The molecule has 1 aromatic carbocycles. The van der Waals surface area contributed by atoms with Gasteiger partial charge >= 0.3 is 0 Å². The predicted molar refractivity (Wildman–Crippen MR) is 151 cm³/mol. The van der Waals surface area contributed by atoms with Crippen LogP contribution in [0.3, 0.4) is 0 Å². The van der Waals surface area contributed by atoms with Crippen molar-refractivity contribution in [2.75, 3.05) is 64.9 Å². The Morgan fingerprint density at radius 3 is 2.52 bits per heavy atom. The largest absolute Gasteiger partial charge is 0.481 e. The number of likely N-dealkylation sites (N-methyl/N-ethyl adjacent to an activating group) is 1. The third kappa shape index (κ3) is 4.64. The van der Waals surface area contributed by atoms with Gasteiger partial charge in [0.1, 0.15) is 15.4 Å². The Kier molecular flexibility index (Phi) is 6.80. The number of carbonyl (C=O) groups excluding carboxylic acids is 2. The van der Waals surface area contributed by atoms with Crippen molar-refractivity contribution in [2.24, 2.45) is 0 Å². The zero-order valence-electron chi connectivity index (χ0n) is 22.8. The molecule has 5 heterocycles. The van der Waals surface area contributed by atoms with Gasteiger partial charge in [0, 0.05) is 69.9 Å². The van der Waals surface area contributed by atoms with E-state index in [2.05, 4.69) is 14.9 Å². The number of benzene rings is 1. The van der Waals surface area contributed by atoms with E-state index in [1.54, 1.807) is 48.1 Å². The summed E-state index contributed by atoms with van der Waals surface area (Å²) in [5.74, 6) is 0.338. The number of hydrogen-bond donors (Lipinski definition) is 0. The summed E-state index contributed by atoms with van der Waals surface area (Å²) in [7, 11) is -0.156. The second kappa shape index (κ2) is 10.1. The van der Waals surface area contributed by atoms with Gasteiger partial charge in [0.2, 0.25) is 27.7 Å². The highest BCUT2D eigenvalue weighted by Crippen LogP contribution is 2.47. The Balaban J connectivity index is 1.33. The highest BCUT2D eigenvalue weighted by molar-refractivity contribution is 7.89. The molecule has 40 heavy (non-hydrogen) atoms. The first-order chi connectivity index (χ1) is 19.1. The molecule has 1 atom stereocenters. The van der Waals surface area contributed by atoms with Crippen LogP contribution in [-0.4, -0.2) is 104 Å². The van der Waals surface area contributed by atoms with E-state index >= 15 is 0 Å².